The SMILES string of the molecule is CCCc1cccnc1N(C)C1CCN(C(=O)c2ccc[nH]2)CC1. The highest BCUT2D eigenvalue weighted by Crippen LogP contribution is 2.24. The molecule has 2 aromatic heterocycles. The summed E-state index contributed by atoms with van der Waals surface area (Å²) in [5, 5.41) is 0. The molecule has 1 fully saturated rings. The average Bonchev–Trinajstić information content (AvgIpc) is 3.16. The molecule has 2 aromatic rings. The third-order valence-corrected chi connectivity index (χ3v) is 4.85. The second kappa shape index (κ2) is 7.51. The van der Waals surface area contributed by atoms with Crippen LogP contribution in [0.3, 0.4) is 0 Å². The van der Waals surface area contributed by atoms with Gasteiger partial charge in [0.1, 0.15) is 11.5 Å². The molecular formula is C19H26N4O. The van der Waals surface area contributed by atoms with Crippen LogP contribution in [-0.4, -0.2) is 47.0 Å². The molecule has 0 unspecified atom stereocenters. The number of anilines is 1. The number of carbonyl (C=O) groups excluding carboxylic acids is 1. The smallest absolute Gasteiger partial charge is 0.270 e. The summed E-state index contributed by atoms with van der Waals surface area (Å²) in [5.74, 6) is 1.19. The summed E-state index contributed by atoms with van der Waals surface area (Å²) in [5.41, 5.74) is 1.99. The van der Waals surface area contributed by atoms with Crippen LogP contribution in [0.2, 0.25) is 0 Å². The van der Waals surface area contributed by atoms with E-state index in [9.17, 15) is 4.79 Å². The van der Waals surface area contributed by atoms with Gasteiger partial charge in [-0.1, -0.05) is 19.4 Å². The molecule has 3 heterocycles. The van der Waals surface area contributed by atoms with Gasteiger partial charge in [0.15, 0.2) is 0 Å². The van der Waals surface area contributed by atoms with Crippen molar-refractivity contribution in [3.8, 4) is 0 Å². The van der Waals surface area contributed by atoms with Gasteiger partial charge in [0, 0.05) is 38.6 Å². The minimum absolute atomic E-state index is 0.102. The van der Waals surface area contributed by atoms with Gasteiger partial charge in [-0.25, -0.2) is 4.98 Å². The van der Waals surface area contributed by atoms with Crippen molar-refractivity contribution in [2.75, 3.05) is 25.0 Å². The normalized spacial score (nSPS) is 15.5. The first-order valence-electron chi connectivity index (χ1n) is 8.80. The lowest BCUT2D eigenvalue weighted by atomic mass is 10.0. The summed E-state index contributed by atoms with van der Waals surface area (Å²) in [6.45, 7) is 3.78. The maximum Gasteiger partial charge on any atom is 0.270 e. The number of hydrogen-bond acceptors (Lipinski definition) is 3. The van der Waals surface area contributed by atoms with E-state index >= 15 is 0 Å². The predicted octanol–water partition coefficient (Wildman–Crippen LogP) is 3.10. The molecule has 0 saturated carbocycles. The lowest BCUT2D eigenvalue weighted by molar-refractivity contribution is 0.0708. The van der Waals surface area contributed by atoms with Crippen LogP contribution in [-0.2, 0) is 6.42 Å². The van der Waals surface area contributed by atoms with E-state index in [0.717, 1.165) is 44.6 Å². The van der Waals surface area contributed by atoms with Crippen molar-refractivity contribution >= 4 is 11.7 Å². The highest BCUT2D eigenvalue weighted by Gasteiger charge is 2.27. The fourth-order valence-corrected chi connectivity index (χ4v) is 3.48. The Labute approximate surface area is 143 Å². The quantitative estimate of drug-likeness (QED) is 0.918. The van der Waals surface area contributed by atoms with E-state index in [1.54, 1.807) is 6.20 Å². The summed E-state index contributed by atoms with van der Waals surface area (Å²) in [6.07, 6.45) is 7.79. The molecule has 1 saturated heterocycles. The van der Waals surface area contributed by atoms with Gasteiger partial charge in [0.2, 0.25) is 0 Å². The van der Waals surface area contributed by atoms with Crippen molar-refractivity contribution < 1.29 is 4.79 Å². The van der Waals surface area contributed by atoms with Gasteiger partial charge in [0.25, 0.3) is 5.91 Å². The van der Waals surface area contributed by atoms with E-state index in [0.29, 0.717) is 11.7 Å². The molecule has 1 amide bonds. The number of aryl methyl sites for hydroxylation is 1. The standard InChI is InChI=1S/C19H26N4O/c1-3-6-15-7-4-12-21-18(15)22(2)16-9-13-23(14-10-16)19(24)17-8-5-11-20-17/h4-5,7-8,11-12,16,20H,3,6,9-10,13-14H2,1-2H3. The van der Waals surface area contributed by atoms with Gasteiger partial charge in [-0.15, -0.1) is 0 Å². The van der Waals surface area contributed by atoms with Crippen LogP contribution in [0, 0.1) is 0 Å². The van der Waals surface area contributed by atoms with Crippen molar-refractivity contribution in [1.82, 2.24) is 14.9 Å². The Morgan fingerprint density at radius 1 is 1.33 bits per heavy atom. The molecule has 0 radical (unpaired) electrons. The van der Waals surface area contributed by atoms with E-state index < -0.39 is 0 Å². The molecule has 0 bridgehead atoms. The number of aromatic nitrogens is 2. The highest BCUT2D eigenvalue weighted by molar-refractivity contribution is 5.92. The molecular weight excluding hydrogens is 300 g/mol. The van der Waals surface area contributed by atoms with Gasteiger partial charge in [-0.2, -0.15) is 0 Å². The van der Waals surface area contributed by atoms with Gasteiger partial charge in [0.05, 0.1) is 0 Å². The maximum absolute atomic E-state index is 12.4. The first-order valence-corrected chi connectivity index (χ1v) is 8.80. The van der Waals surface area contributed by atoms with Crippen molar-refractivity contribution in [2.45, 2.75) is 38.6 Å². The van der Waals surface area contributed by atoms with E-state index in [1.165, 1.54) is 5.56 Å². The fourth-order valence-electron chi connectivity index (χ4n) is 3.48. The molecule has 128 valence electrons. The second-order valence-corrected chi connectivity index (χ2v) is 6.45. The molecule has 1 aliphatic rings. The van der Waals surface area contributed by atoms with E-state index in [2.05, 4.69) is 34.9 Å². The summed E-state index contributed by atoms with van der Waals surface area (Å²) in [7, 11) is 2.13. The highest BCUT2D eigenvalue weighted by atomic mass is 16.2. The van der Waals surface area contributed by atoms with Crippen LogP contribution in [0.5, 0.6) is 0 Å². The summed E-state index contributed by atoms with van der Waals surface area (Å²) in [4.78, 5) is 24.3. The van der Waals surface area contributed by atoms with Gasteiger partial charge >= 0.3 is 0 Å². The molecule has 5 nitrogen and oxygen atoms in total. The second-order valence-electron chi connectivity index (χ2n) is 6.45. The summed E-state index contributed by atoms with van der Waals surface area (Å²) >= 11 is 0. The number of nitrogens with one attached hydrogen (secondary N) is 1. The third-order valence-electron chi connectivity index (χ3n) is 4.85. The van der Waals surface area contributed by atoms with Crippen molar-refractivity contribution in [2.24, 2.45) is 0 Å². The Hall–Kier alpha value is -2.30. The number of rotatable bonds is 5. The first kappa shape index (κ1) is 16.6. The van der Waals surface area contributed by atoms with Gasteiger partial charge in [-0.3, -0.25) is 4.79 Å². The number of nitrogens with zero attached hydrogens (tertiary/aromatic N) is 3. The minimum Gasteiger partial charge on any atom is -0.357 e. The molecule has 0 spiro atoms. The Balaban J connectivity index is 1.63. The van der Waals surface area contributed by atoms with Crippen LogP contribution in [0.15, 0.2) is 36.7 Å². The number of carbonyl (C=O) groups is 1. The molecule has 0 atom stereocenters. The van der Waals surface area contributed by atoms with E-state index in [1.807, 2.05) is 29.3 Å². The lowest BCUT2D eigenvalue weighted by Crippen LogP contribution is -2.46. The number of H-pyrrole nitrogens is 1. The van der Waals surface area contributed by atoms with Gasteiger partial charge in [-0.05, 0) is 43.0 Å². The zero-order valence-electron chi connectivity index (χ0n) is 14.5. The zero-order valence-corrected chi connectivity index (χ0v) is 14.5. The first-order chi connectivity index (χ1) is 11.7. The molecule has 1 N–H and O–H groups in total. The number of aromatic amines is 1. The molecule has 3 rings (SSSR count). The summed E-state index contributed by atoms with van der Waals surface area (Å²) in [6, 6.07) is 8.32. The molecule has 1 aliphatic heterocycles. The van der Waals surface area contributed by atoms with Crippen molar-refractivity contribution in [3.05, 3.63) is 47.9 Å². The zero-order chi connectivity index (χ0) is 16.9. The Kier molecular flexibility index (Phi) is 5.18. The van der Waals surface area contributed by atoms with E-state index in [4.69, 9.17) is 0 Å². The lowest BCUT2D eigenvalue weighted by Gasteiger charge is -2.37. The van der Waals surface area contributed by atoms with Crippen LogP contribution >= 0.6 is 0 Å². The number of amides is 1. The molecule has 0 aromatic carbocycles. The van der Waals surface area contributed by atoms with Crippen LogP contribution < -0.4 is 4.90 Å². The van der Waals surface area contributed by atoms with Crippen LogP contribution in [0.1, 0.15) is 42.2 Å². The number of hydrogen-bond donors (Lipinski definition) is 1. The summed E-state index contributed by atoms with van der Waals surface area (Å²) < 4.78 is 0. The van der Waals surface area contributed by atoms with E-state index in [-0.39, 0.29) is 5.91 Å². The number of pyridine rings is 1. The minimum atomic E-state index is 0.102. The molecule has 24 heavy (non-hydrogen) atoms. The molecule has 0 aliphatic carbocycles. The molecule has 5 heteroatoms. The fraction of sp³-hybridized carbons (Fsp3) is 0.474. The monoisotopic (exact) mass is 326 g/mol. The average molecular weight is 326 g/mol. The Bertz CT molecular complexity index is 660. The number of piperidine rings is 1. The largest absolute Gasteiger partial charge is 0.357 e. The van der Waals surface area contributed by atoms with Crippen molar-refractivity contribution in [1.29, 1.82) is 0 Å². The predicted molar refractivity (Wildman–Crippen MR) is 96.4 cm³/mol. The maximum atomic E-state index is 12.4. The van der Waals surface area contributed by atoms with Gasteiger partial charge < -0.3 is 14.8 Å². The van der Waals surface area contributed by atoms with Crippen LogP contribution in [0.4, 0.5) is 5.82 Å². The topological polar surface area (TPSA) is 52.2 Å². The Morgan fingerprint density at radius 3 is 2.79 bits per heavy atom. The third kappa shape index (κ3) is 3.45. The van der Waals surface area contributed by atoms with Crippen molar-refractivity contribution in [3.63, 3.8) is 0 Å². The Morgan fingerprint density at radius 2 is 2.12 bits per heavy atom. The van der Waals surface area contributed by atoms with Crippen LogP contribution in [0.25, 0.3) is 0 Å². The number of likely N-dealkylation sites (tertiary alicyclic amines) is 1.